The minimum absolute atomic E-state index is 0.305. The summed E-state index contributed by atoms with van der Waals surface area (Å²) in [6.45, 7) is 2.42. The molecule has 1 amide bonds. The molecule has 2 aromatic heterocycles. The third-order valence-electron chi connectivity index (χ3n) is 4.85. The highest BCUT2D eigenvalue weighted by Gasteiger charge is 2.13. The summed E-state index contributed by atoms with van der Waals surface area (Å²) in [4.78, 5) is 42.0. The van der Waals surface area contributed by atoms with Gasteiger partial charge < -0.3 is 10.1 Å². The van der Waals surface area contributed by atoms with Crippen molar-refractivity contribution in [2.45, 2.75) is 20.0 Å². The monoisotopic (exact) mass is 462 g/mol. The third kappa shape index (κ3) is 5.45. The Balaban J connectivity index is 1.45. The van der Waals surface area contributed by atoms with Gasteiger partial charge in [0.25, 0.3) is 5.56 Å². The molecule has 0 atom stereocenters. The maximum Gasteiger partial charge on any atom is 0.331 e. The van der Waals surface area contributed by atoms with Crippen LogP contribution < -0.4 is 21.3 Å². The zero-order valence-corrected chi connectivity index (χ0v) is 18.7. The van der Waals surface area contributed by atoms with Crippen molar-refractivity contribution in [3.05, 3.63) is 98.6 Å². The van der Waals surface area contributed by atoms with Crippen LogP contribution in [0.5, 0.6) is 5.75 Å². The Hall–Kier alpha value is -3.98. The van der Waals surface area contributed by atoms with Crippen LogP contribution in [0.2, 0.25) is 0 Å². The number of thiazole rings is 1. The summed E-state index contributed by atoms with van der Waals surface area (Å²) in [6.07, 6.45) is 1.44. The van der Waals surface area contributed by atoms with Gasteiger partial charge in [-0.25, -0.2) is 9.78 Å². The van der Waals surface area contributed by atoms with E-state index < -0.39 is 23.7 Å². The number of carbonyl (C=O) groups excluding carboxylic acids is 1. The van der Waals surface area contributed by atoms with Crippen molar-refractivity contribution in [1.82, 2.24) is 14.1 Å². The summed E-state index contributed by atoms with van der Waals surface area (Å²) in [7, 11) is 0. The molecule has 2 aromatic carbocycles. The number of amides is 1. The van der Waals surface area contributed by atoms with Crippen LogP contribution in [0, 0.1) is 0 Å². The number of benzene rings is 2. The van der Waals surface area contributed by atoms with Crippen molar-refractivity contribution in [2.75, 3.05) is 11.9 Å². The molecular weight excluding hydrogens is 440 g/mol. The van der Waals surface area contributed by atoms with Gasteiger partial charge in [0.05, 0.1) is 18.8 Å². The van der Waals surface area contributed by atoms with E-state index in [2.05, 4.69) is 10.3 Å². The van der Waals surface area contributed by atoms with Gasteiger partial charge in [-0.2, -0.15) is 0 Å². The van der Waals surface area contributed by atoms with Crippen LogP contribution in [-0.2, 0) is 17.9 Å². The lowest BCUT2D eigenvalue weighted by Crippen LogP contribution is -2.41. The summed E-state index contributed by atoms with van der Waals surface area (Å²) in [5.74, 6) is 0.274. The van der Waals surface area contributed by atoms with Gasteiger partial charge in [0.1, 0.15) is 12.3 Å². The second-order valence-corrected chi connectivity index (χ2v) is 8.04. The van der Waals surface area contributed by atoms with Crippen molar-refractivity contribution < 1.29 is 9.53 Å². The summed E-state index contributed by atoms with van der Waals surface area (Å²) >= 11 is 1.27. The van der Waals surface area contributed by atoms with Gasteiger partial charge in [0.2, 0.25) is 5.91 Å². The number of hydrogen-bond donors (Lipinski definition) is 1. The maximum absolute atomic E-state index is 12.8. The van der Waals surface area contributed by atoms with E-state index in [9.17, 15) is 14.4 Å². The fraction of sp³-hybridized carbons (Fsp3) is 0.167. The third-order valence-corrected chi connectivity index (χ3v) is 5.61. The highest BCUT2D eigenvalue weighted by molar-refractivity contribution is 7.14. The van der Waals surface area contributed by atoms with Gasteiger partial charge in [-0.3, -0.25) is 18.7 Å². The van der Waals surface area contributed by atoms with Crippen LogP contribution in [0.15, 0.2) is 81.8 Å². The van der Waals surface area contributed by atoms with Crippen LogP contribution in [0.25, 0.3) is 11.3 Å². The summed E-state index contributed by atoms with van der Waals surface area (Å²) in [5.41, 5.74) is 1.43. The maximum atomic E-state index is 12.8. The molecule has 8 nitrogen and oxygen atoms in total. The number of anilines is 1. The normalized spacial score (nSPS) is 10.7. The Kier molecular flexibility index (Phi) is 6.80. The number of nitrogens with zero attached hydrogens (tertiary/aromatic N) is 3. The molecule has 0 aliphatic carbocycles. The molecule has 9 heteroatoms. The van der Waals surface area contributed by atoms with Gasteiger partial charge in [0.15, 0.2) is 5.13 Å². The number of nitrogens with one attached hydrogen (secondary N) is 1. The van der Waals surface area contributed by atoms with Crippen LogP contribution in [0.3, 0.4) is 0 Å². The van der Waals surface area contributed by atoms with Crippen LogP contribution in [-0.4, -0.2) is 26.6 Å². The van der Waals surface area contributed by atoms with E-state index in [4.69, 9.17) is 4.74 Å². The Morgan fingerprint density at radius 1 is 1.06 bits per heavy atom. The zero-order chi connectivity index (χ0) is 23.2. The molecule has 0 radical (unpaired) electrons. The largest absolute Gasteiger partial charge is 0.494 e. The van der Waals surface area contributed by atoms with Gasteiger partial charge >= 0.3 is 5.69 Å². The molecule has 0 saturated carbocycles. The summed E-state index contributed by atoms with van der Waals surface area (Å²) in [5, 5.41) is 4.88. The van der Waals surface area contributed by atoms with Gasteiger partial charge in [-0.15, -0.1) is 11.3 Å². The van der Waals surface area contributed by atoms with Crippen molar-refractivity contribution in [3.63, 3.8) is 0 Å². The topological polar surface area (TPSA) is 95.2 Å². The Morgan fingerprint density at radius 2 is 1.82 bits per heavy atom. The number of aromatic nitrogens is 3. The van der Waals surface area contributed by atoms with E-state index in [0.29, 0.717) is 24.0 Å². The molecule has 4 aromatic rings. The first-order chi connectivity index (χ1) is 16.0. The van der Waals surface area contributed by atoms with Crippen LogP contribution in [0.4, 0.5) is 5.13 Å². The average molecular weight is 463 g/mol. The van der Waals surface area contributed by atoms with Gasteiger partial charge in [-0.05, 0) is 36.8 Å². The van der Waals surface area contributed by atoms with Crippen molar-refractivity contribution in [1.29, 1.82) is 0 Å². The summed E-state index contributed by atoms with van der Waals surface area (Å²) < 4.78 is 7.76. The number of ether oxygens (including phenoxy) is 1. The number of carbonyl (C=O) groups is 1. The first kappa shape index (κ1) is 22.2. The predicted octanol–water partition coefficient (Wildman–Crippen LogP) is 3.22. The van der Waals surface area contributed by atoms with Crippen LogP contribution >= 0.6 is 11.3 Å². The van der Waals surface area contributed by atoms with Crippen LogP contribution in [0.1, 0.15) is 12.5 Å². The summed E-state index contributed by atoms with van der Waals surface area (Å²) in [6, 6.07) is 18.2. The van der Waals surface area contributed by atoms with Crippen molar-refractivity contribution in [2.24, 2.45) is 0 Å². The first-order valence-electron chi connectivity index (χ1n) is 10.4. The Morgan fingerprint density at radius 3 is 2.55 bits per heavy atom. The molecule has 0 aliphatic heterocycles. The first-order valence-corrected chi connectivity index (χ1v) is 11.2. The number of rotatable bonds is 8. The van der Waals surface area contributed by atoms with Crippen molar-refractivity contribution >= 4 is 22.4 Å². The zero-order valence-electron chi connectivity index (χ0n) is 17.9. The highest BCUT2D eigenvalue weighted by Crippen LogP contribution is 2.26. The molecule has 0 spiro atoms. The SMILES string of the molecule is CCOc1ccc(-c2csc(NC(=O)Cn3c(=O)ccn(Cc4ccccc4)c3=O)n2)cc1. The van der Waals surface area contributed by atoms with E-state index in [-0.39, 0.29) is 0 Å². The molecule has 33 heavy (non-hydrogen) atoms. The molecule has 0 aliphatic rings. The average Bonchev–Trinajstić information content (AvgIpc) is 3.28. The molecule has 0 saturated heterocycles. The lowest BCUT2D eigenvalue weighted by atomic mass is 10.2. The molecule has 4 rings (SSSR count). The molecule has 1 N–H and O–H groups in total. The molecule has 0 unspecified atom stereocenters. The van der Waals surface area contributed by atoms with Gasteiger partial charge in [-0.1, -0.05) is 30.3 Å². The molecular formula is C24H22N4O4S. The molecule has 0 bridgehead atoms. The van der Waals surface area contributed by atoms with E-state index in [1.54, 1.807) is 0 Å². The van der Waals surface area contributed by atoms with E-state index in [1.165, 1.54) is 28.2 Å². The van der Waals surface area contributed by atoms with Crippen molar-refractivity contribution in [3.8, 4) is 17.0 Å². The van der Waals surface area contributed by atoms with E-state index in [0.717, 1.165) is 21.4 Å². The smallest absolute Gasteiger partial charge is 0.331 e. The van der Waals surface area contributed by atoms with Gasteiger partial charge in [0, 0.05) is 23.2 Å². The quantitative estimate of drug-likeness (QED) is 0.434. The fourth-order valence-corrected chi connectivity index (χ4v) is 3.99. The Bertz CT molecular complexity index is 1360. The lowest BCUT2D eigenvalue weighted by molar-refractivity contribution is -0.116. The number of hydrogen-bond acceptors (Lipinski definition) is 6. The van der Waals surface area contributed by atoms with E-state index in [1.807, 2.05) is 66.9 Å². The minimum atomic E-state index is -0.546. The molecule has 168 valence electrons. The molecule has 2 heterocycles. The highest BCUT2D eigenvalue weighted by atomic mass is 32.1. The van der Waals surface area contributed by atoms with E-state index >= 15 is 0 Å². The fourth-order valence-electron chi connectivity index (χ4n) is 3.26. The molecule has 0 fully saturated rings. The standard InChI is InChI=1S/C24H22N4O4S/c1-2-32-19-10-8-18(9-11-19)20-16-33-23(25-20)26-21(29)15-28-22(30)12-13-27(24(28)31)14-17-6-4-3-5-7-17/h3-13,16H,2,14-15H2,1H3,(H,25,26,29). The lowest BCUT2D eigenvalue weighted by Gasteiger charge is -2.09. The second-order valence-electron chi connectivity index (χ2n) is 7.18. The second kappa shape index (κ2) is 10.1. The predicted molar refractivity (Wildman–Crippen MR) is 128 cm³/mol. The Labute approximate surface area is 193 Å². The minimum Gasteiger partial charge on any atom is -0.494 e.